The normalized spacial score (nSPS) is 12.5. The molecule has 0 aliphatic rings. The summed E-state index contributed by atoms with van der Waals surface area (Å²) in [6.45, 7) is 1.65. The monoisotopic (exact) mass is 228 g/mol. The fourth-order valence-corrected chi connectivity index (χ4v) is 1.47. The van der Waals surface area contributed by atoms with Gasteiger partial charge in [-0.05, 0) is 23.6 Å². The summed E-state index contributed by atoms with van der Waals surface area (Å²) in [6.07, 6.45) is 0.992. The summed E-state index contributed by atoms with van der Waals surface area (Å²) >= 11 is 0. The lowest BCUT2D eigenvalue weighted by Gasteiger charge is -2.11. The van der Waals surface area contributed by atoms with Crippen molar-refractivity contribution in [2.24, 2.45) is 0 Å². The molecule has 1 aromatic carbocycles. The van der Waals surface area contributed by atoms with Crippen LogP contribution in [0.2, 0.25) is 0 Å². The van der Waals surface area contributed by atoms with Gasteiger partial charge in [0.05, 0.1) is 6.61 Å². The first kappa shape index (κ1) is 12.8. The fraction of sp³-hybridized carbons (Fsp3) is 0.417. The minimum Gasteiger partial charge on any atom is -0.380 e. The number of hydrogen-bond donors (Lipinski definition) is 0. The van der Waals surface area contributed by atoms with E-state index in [4.69, 9.17) is 4.74 Å². The number of benzene rings is 1. The number of hydrogen-bond acceptors (Lipinski definition) is 2. The van der Waals surface area contributed by atoms with Gasteiger partial charge in [-0.25, -0.2) is 8.78 Å². The second kappa shape index (κ2) is 5.70. The summed E-state index contributed by atoms with van der Waals surface area (Å²) in [4.78, 5) is 10.3. The summed E-state index contributed by atoms with van der Waals surface area (Å²) in [6, 6.07) is 2.51. The van der Waals surface area contributed by atoms with E-state index in [1.54, 1.807) is 6.92 Å². The summed E-state index contributed by atoms with van der Waals surface area (Å²) in [7, 11) is 1.38. The molecule has 0 aliphatic heterocycles. The van der Waals surface area contributed by atoms with Crippen molar-refractivity contribution in [1.82, 2.24) is 0 Å². The molecule has 0 bridgehead atoms. The van der Waals surface area contributed by atoms with Crippen LogP contribution in [0.3, 0.4) is 0 Å². The van der Waals surface area contributed by atoms with Gasteiger partial charge >= 0.3 is 0 Å². The lowest BCUT2D eigenvalue weighted by molar-refractivity contribution is -0.108. The van der Waals surface area contributed by atoms with Crippen molar-refractivity contribution < 1.29 is 18.3 Å². The molecule has 1 unspecified atom stereocenters. The Labute approximate surface area is 93.2 Å². The maximum absolute atomic E-state index is 13.5. The zero-order valence-electron chi connectivity index (χ0n) is 9.30. The number of halogens is 2. The van der Waals surface area contributed by atoms with Crippen LogP contribution in [0.4, 0.5) is 8.78 Å². The average molecular weight is 228 g/mol. The van der Waals surface area contributed by atoms with E-state index in [9.17, 15) is 13.6 Å². The summed E-state index contributed by atoms with van der Waals surface area (Å²) in [5.41, 5.74) is 0.409. The van der Waals surface area contributed by atoms with Crippen molar-refractivity contribution in [2.45, 2.75) is 25.9 Å². The Morgan fingerprint density at radius 1 is 1.38 bits per heavy atom. The highest BCUT2D eigenvalue weighted by Crippen LogP contribution is 2.23. The van der Waals surface area contributed by atoms with Gasteiger partial charge in [0.25, 0.3) is 0 Å². The number of aldehydes is 1. The molecule has 0 aliphatic carbocycles. The first-order chi connectivity index (χ1) is 7.60. The lowest BCUT2D eigenvalue weighted by Crippen LogP contribution is -2.02. The van der Waals surface area contributed by atoms with E-state index in [1.165, 1.54) is 19.2 Å². The molecule has 0 aromatic heterocycles. The van der Waals surface area contributed by atoms with Crippen LogP contribution in [0, 0.1) is 11.6 Å². The zero-order valence-corrected chi connectivity index (χ0v) is 9.30. The molecular formula is C12H14F2O2. The van der Waals surface area contributed by atoms with E-state index in [-0.39, 0.29) is 24.5 Å². The van der Waals surface area contributed by atoms with Crippen molar-refractivity contribution in [1.29, 1.82) is 0 Å². The van der Waals surface area contributed by atoms with E-state index < -0.39 is 11.6 Å². The molecule has 0 heterocycles. The Balaban J connectivity index is 3.03. The molecule has 0 N–H and O–H groups in total. The average Bonchev–Trinajstić information content (AvgIpc) is 2.23. The molecular weight excluding hydrogens is 214 g/mol. The topological polar surface area (TPSA) is 26.3 Å². The second-order valence-corrected chi connectivity index (χ2v) is 3.70. The highest BCUT2D eigenvalue weighted by molar-refractivity contribution is 5.51. The van der Waals surface area contributed by atoms with Crippen LogP contribution in [0.15, 0.2) is 12.1 Å². The van der Waals surface area contributed by atoms with Crippen LogP contribution in [0.25, 0.3) is 0 Å². The van der Waals surface area contributed by atoms with Gasteiger partial charge in [-0.2, -0.15) is 0 Å². The Hall–Kier alpha value is -1.29. The van der Waals surface area contributed by atoms with Crippen LogP contribution < -0.4 is 0 Å². The quantitative estimate of drug-likeness (QED) is 0.724. The number of ether oxygens (including phenoxy) is 1. The van der Waals surface area contributed by atoms with Crippen molar-refractivity contribution in [3.8, 4) is 0 Å². The number of carbonyl (C=O) groups excluding carboxylic acids is 1. The van der Waals surface area contributed by atoms with Gasteiger partial charge in [0.2, 0.25) is 0 Å². The molecule has 0 amide bonds. The van der Waals surface area contributed by atoms with Gasteiger partial charge in [0.15, 0.2) is 0 Å². The van der Waals surface area contributed by atoms with E-state index in [1.807, 2.05) is 0 Å². The molecule has 1 atom stereocenters. The molecule has 0 radical (unpaired) electrons. The third-order valence-electron chi connectivity index (χ3n) is 2.47. The molecule has 4 heteroatoms. The summed E-state index contributed by atoms with van der Waals surface area (Å²) < 4.78 is 31.7. The van der Waals surface area contributed by atoms with E-state index >= 15 is 0 Å². The lowest BCUT2D eigenvalue weighted by atomic mass is 9.97. The standard InChI is InChI=1S/C12H14F2O2/c1-8(3-4-15)9-5-11(13)10(7-16-2)12(14)6-9/h4-6,8H,3,7H2,1-2H3. The molecule has 1 rings (SSSR count). The number of carbonyl (C=O) groups is 1. The van der Waals surface area contributed by atoms with E-state index in [0.29, 0.717) is 5.56 Å². The minimum atomic E-state index is -0.630. The Kier molecular flexibility index (Phi) is 4.55. The molecule has 88 valence electrons. The highest BCUT2D eigenvalue weighted by atomic mass is 19.1. The van der Waals surface area contributed by atoms with Crippen LogP contribution in [-0.4, -0.2) is 13.4 Å². The maximum atomic E-state index is 13.5. The number of rotatable bonds is 5. The van der Waals surface area contributed by atoms with Gasteiger partial charge in [0.1, 0.15) is 17.9 Å². The molecule has 0 spiro atoms. The van der Waals surface area contributed by atoms with Crippen LogP contribution in [0.1, 0.15) is 30.4 Å². The van der Waals surface area contributed by atoms with Gasteiger partial charge in [-0.3, -0.25) is 0 Å². The molecule has 0 saturated carbocycles. The second-order valence-electron chi connectivity index (χ2n) is 3.70. The minimum absolute atomic E-state index is 0.0791. The van der Waals surface area contributed by atoms with Crippen LogP contribution in [0.5, 0.6) is 0 Å². The van der Waals surface area contributed by atoms with Crippen molar-refractivity contribution in [3.63, 3.8) is 0 Å². The first-order valence-electron chi connectivity index (χ1n) is 5.00. The summed E-state index contributed by atoms with van der Waals surface area (Å²) in [5, 5.41) is 0. The Morgan fingerprint density at radius 2 is 1.94 bits per heavy atom. The van der Waals surface area contributed by atoms with Crippen LogP contribution in [-0.2, 0) is 16.1 Å². The maximum Gasteiger partial charge on any atom is 0.131 e. The van der Waals surface area contributed by atoms with Gasteiger partial charge in [0, 0.05) is 19.1 Å². The van der Waals surface area contributed by atoms with Crippen molar-refractivity contribution in [3.05, 3.63) is 34.9 Å². The molecule has 2 nitrogen and oxygen atoms in total. The highest BCUT2D eigenvalue weighted by Gasteiger charge is 2.14. The third-order valence-corrected chi connectivity index (χ3v) is 2.47. The third kappa shape index (κ3) is 2.85. The predicted molar refractivity (Wildman–Crippen MR) is 56.2 cm³/mol. The molecule has 1 aromatic rings. The first-order valence-corrected chi connectivity index (χ1v) is 5.00. The van der Waals surface area contributed by atoms with Crippen molar-refractivity contribution >= 4 is 6.29 Å². The largest absolute Gasteiger partial charge is 0.380 e. The van der Waals surface area contributed by atoms with Crippen molar-refractivity contribution in [2.75, 3.05) is 7.11 Å². The van der Waals surface area contributed by atoms with E-state index in [0.717, 1.165) is 6.29 Å². The predicted octanol–water partition coefficient (Wildman–Crippen LogP) is 2.80. The van der Waals surface area contributed by atoms with E-state index in [2.05, 4.69) is 0 Å². The number of methoxy groups -OCH3 is 1. The Bertz CT molecular complexity index is 354. The molecule has 0 fully saturated rings. The van der Waals surface area contributed by atoms with Gasteiger partial charge in [-0.1, -0.05) is 6.92 Å². The molecule has 0 saturated heterocycles. The van der Waals surface area contributed by atoms with Crippen LogP contribution >= 0.6 is 0 Å². The van der Waals surface area contributed by atoms with Gasteiger partial charge < -0.3 is 9.53 Å². The SMILES string of the molecule is COCc1c(F)cc(C(C)CC=O)cc1F. The fourth-order valence-electron chi connectivity index (χ4n) is 1.47. The smallest absolute Gasteiger partial charge is 0.131 e. The van der Waals surface area contributed by atoms with Gasteiger partial charge in [-0.15, -0.1) is 0 Å². The zero-order chi connectivity index (χ0) is 12.1. The summed E-state index contributed by atoms with van der Waals surface area (Å²) in [5.74, 6) is -1.44. The Morgan fingerprint density at radius 3 is 2.38 bits per heavy atom. The molecule has 16 heavy (non-hydrogen) atoms.